The molecule has 0 bridgehead atoms. The van der Waals surface area contributed by atoms with Crippen LogP contribution in [-0.2, 0) is 17.0 Å². The van der Waals surface area contributed by atoms with E-state index < -0.39 is 0 Å². The van der Waals surface area contributed by atoms with Gasteiger partial charge >= 0.3 is 0 Å². The Kier molecular flexibility index (Phi) is 7.22. The number of aromatic nitrogens is 4. The fourth-order valence-corrected chi connectivity index (χ4v) is 5.42. The third-order valence-electron chi connectivity index (χ3n) is 5.63. The standard InChI is InChI=1S/C27H22BrFN4OS/c1-34-14-13-33-26(31-32-27(33)35-17-19-15-20(29)11-12-23(19)28)22-16-25(18-7-3-2-4-8-18)30-24-10-6-5-9-21(22)24/h2-12,15-16H,13-14,17H2,1H3. The van der Waals surface area contributed by atoms with Gasteiger partial charge in [0.05, 0.1) is 24.4 Å². The highest BCUT2D eigenvalue weighted by Crippen LogP contribution is 2.34. The summed E-state index contributed by atoms with van der Waals surface area (Å²) in [5.41, 5.74) is 4.62. The maximum Gasteiger partial charge on any atom is 0.191 e. The predicted octanol–water partition coefficient (Wildman–Crippen LogP) is 7.00. The maximum atomic E-state index is 13.8. The molecule has 0 aliphatic carbocycles. The average Bonchev–Trinajstić information content (AvgIpc) is 3.30. The Bertz CT molecular complexity index is 1480. The molecular formula is C27H22BrFN4OS. The Hall–Kier alpha value is -3.07. The largest absolute Gasteiger partial charge is 0.383 e. The van der Waals surface area contributed by atoms with Gasteiger partial charge < -0.3 is 4.74 Å². The molecule has 0 unspecified atom stereocenters. The predicted molar refractivity (Wildman–Crippen MR) is 142 cm³/mol. The highest BCUT2D eigenvalue weighted by molar-refractivity contribution is 9.10. The van der Waals surface area contributed by atoms with E-state index in [-0.39, 0.29) is 5.82 Å². The van der Waals surface area contributed by atoms with Crippen molar-refractivity contribution in [1.29, 1.82) is 0 Å². The maximum absolute atomic E-state index is 13.8. The number of thioether (sulfide) groups is 1. The second kappa shape index (κ2) is 10.7. The summed E-state index contributed by atoms with van der Waals surface area (Å²) < 4.78 is 22.1. The molecule has 0 radical (unpaired) electrons. The number of hydrogen-bond donors (Lipinski definition) is 0. The molecule has 0 N–H and O–H groups in total. The Morgan fingerprint density at radius 3 is 2.60 bits per heavy atom. The fraction of sp³-hybridized carbons (Fsp3) is 0.148. The molecule has 5 aromatic rings. The van der Waals surface area contributed by atoms with E-state index in [0.29, 0.717) is 18.9 Å². The number of benzene rings is 3. The Labute approximate surface area is 215 Å². The van der Waals surface area contributed by atoms with Gasteiger partial charge in [0.25, 0.3) is 0 Å². The molecule has 0 fully saturated rings. The zero-order valence-corrected chi connectivity index (χ0v) is 21.4. The van der Waals surface area contributed by atoms with E-state index in [4.69, 9.17) is 9.72 Å². The van der Waals surface area contributed by atoms with E-state index in [1.165, 1.54) is 23.9 Å². The van der Waals surface area contributed by atoms with E-state index in [1.807, 2.05) is 36.4 Å². The molecule has 0 spiro atoms. The summed E-state index contributed by atoms with van der Waals surface area (Å²) in [4.78, 5) is 4.90. The number of fused-ring (bicyclic) bond motifs is 1. The zero-order chi connectivity index (χ0) is 24.2. The lowest BCUT2D eigenvalue weighted by molar-refractivity contribution is 0.185. The fourth-order valence-electron chi connectivity index (χ4n) is 3.89. The second-order valence-corrected chi connectivity index (χ2v) is 9.71. The molecule has 2 heterocycles. The van der Waals surface area contributed by atoms with Gasteiger partial charge in [0.15, 0.2) is 11.0 Å². The Balaban J connectivity index is 1.59. The molecule has 35 heavy (non-hydrogen) atoms. The van der Waals surface area contributed by atoms with Gasteiger partial charge in [0.2, 0.25) is 0 Å². The van der Waals surface area contributed by atoms with Gasteiger partial charge in [-0.2, -0.15) is 0 Å². The van der Waals surface area contributed by atoms with Crippen molar-refractivity contribution in [2.45, 2.75) is 17.5 Å². The summed E-state index contributed by atoms with van der Waals surface area (Å²) >= 11 is 5.03. The van der Waals surface area contributed by atoms with Crippen molar-refractivity contribution in [1.82, 2.24) is 19.7 Å². The minimum Gasteiger partial charge on any atom is -0.383 e. The van der Waals surface area contributed by atoms with Gasteiger partial charge in [-0.05, 0) is 35.9 Å². The van der Waals surface area contributed by atoms with Crippen LogP contribution in [0.5, 0.6) is 0 Å². The second-order valence-electron chi connectivity index (χ2n) is 7.91. The Morgan fingerprint density at radius 2 is 1.77 bits per heavy atom. The zero-order valence-electron chi connectivity index (χ0n) is 19.0. The minimum atomic E-state index is -0.262. The summed E-state index contributed by atoms with van der Waals surface area (Å²) in [5.74, 6) is 1.04. The van der Waals surface area contributed by atoms with E-state index in [1.54, 1.807) is 13.2 Å². The van der Waals surface area contributed by atoms with Crippen molar-refractivity contribution in [3.63, 3.8) is 0 Å². The molecule has 0 amide bonds. The van der Waals surface area contributed by atoms with Crippen molar-refractivity contribution < 1.29 is 9.13 Å². The molecule has 0 aliphatic rings. The number of ether oxygens (including phenoxy) is 1. The molecule has 5 nitrogen and oxygen atoms in total. The number of methoxy groups -OCH3 is 1. The lowest BCUT2D eigenvalue weighted by Crippen LogP contribution is -2.08. The van der Waals surface area contributed by atoms with Crippen molar-refractivity contribution in [3.8, 4) is 22.6 Å². The molecule has 5 rings (SSSR count). The lowest BCUT2D eigenvalue weighted by Gasteiger charge is -2.13. The molecule has 2 aromatic heterocycles. The van der Waals surface area contributed by atoms with Crippen LogP contribution >= 0.6 is 27.7 Å². The van der Waals surface area contributed by atoms with E-state index >= 15 is 0 Å². The monoisotopic (exact) mass is 548 g/mol. The highest BCUT2D eigenvalue weighted by Gasteiger charge is 2.19. The van der Waals surface area contributed by atoms with Crippen LogP contribution in [0.3, 0.4) is 0 Å². The first-order valence-electron chi connectivity index (χ1n) is 11.1. The number of nitrogens with zero attached hydrogens (tertiary/aromatic N) is 4. The molecule has 176 valence electrons. The Morgan fingerprint density at radius 1 is 0.971 bits per heavy atom. The molecule has 0 saturated heterocycles. The molecule has 0 atom stereocenters. The quantitative estimate of drug-likeness (QED) is 0.195. The van der Waals surface area contributed by atoms with Crippen LogP contribution in [0.25, 0.3) is 33.5 Å². The van der Waals surface area contributed by atoms with Gasteiger partial charge in [-0.3, -0.25) is 4.57 Å². The van der Waals surface area contributed by atoms with Crippen LogP contribution in [-0.4, -0.2) is 33.5 Å². The number of halogens is 2. The molecule has 0 saturated carbocycles. The van der Waals surface area contributed by atoms with Crippen molar-refractivity contribution >= 4 is 38.6 Å². The first kappa shape index (κ1) is 23.7. The van der Waals surface area contributed by atoms with Crippen LogP contribution in [0, 0.1) is 5.82 Å². The van der Waals surface area contributed by atoms with E-state index in [9.17, 15) is 4.39 Å². The summed E-state index contributed by atoms with van der Waals surface area (Å²) in [6.45, 7) is 1.10. The van der Waals surface area contributed by atoms with E-state index in [0.717, 1.165) is 48.7 Å². The number of hydrogen-bond acceptors (Lipinski definition) is 5. The van der Waals surface area contributed by atoms with Crippen LogP contribution in [0.15, 0.2) is 88.5 Å². The summed E-state index contributed by atoms with van der Waals surface area (Å²) in [6.07, 6.45) is 0. The van der Waals surface area contributed by atoms with Gasteiger partial charge in [0.1, 0.15) is 5.82 Å². The highest BCUT2D eigenvalue weighted by atomic mass is 79.9. The van der Waals surface area contributed by atoms with Crippen molar-refractivity contribution in [3.05, 3.63) is 94.7 Å². The topological polar surface area (TPSA) is 52.8 Å². The van der Waals surface area contributed by atoms with Crippen molar-refractivity contribution in [2.75, 3.05) is 13.7 Å². The summed E-state index contributed by atoms with van der Waals surface area (Å²) in [5, 5.41) is 10.9. The first-order valence-corrected chi connectivity index (χ1v) is 12.9. The molecular weight excluding hydrogens is 527 g/mol. The van der Waals surface area contributed by atoms with E-state index in [2.05, 4.69) is 55.0 Å². The average molecular weight is 549 g/mol. The third-order valence-corrected chi connectivity index (χ3v) is 7.42. The van der Waals surface area contributed by atoms with Gasteiger partial charge in [-0.15, -0.1) is 10.2 Å². The SMILES string of the molecule is COCCn1c(SCc2cc(F)ccc2Br)nnc1-c1cc(-c2ccccc2)nc2ccccc12. The molecule has 0 aliphatic heterocycles. The summed E-state index contributed by atoms with van der Waals surface area (Å²) in [6, 6.07) is 24.9. The van der Waals surface area contributed by atoms with Gasteiger partial charge in [-0.1, -0.05) is 76.2 Å². The lowest BCUT2D eigenvalue weighted by atomic mass is 10.0. The van der Waals surface area contributed by atoms with Crippen LogP contribution < -0.4 is 0 Å². The van der Waals surface area contributed by atoms with Crippen LogP contribution in [0.2, 0.25) is 0 Å². The third kappa shape index (κ3) is 5.15. The molecule has 3 aromatic carbocycles. The number of rotatable bonds is 8. The number of para-hydroxylation sites is 1. The van der Waals surface area contributed by atoms with Crippen LogP contribution in [0.4, 0.5) is 4.39 Å². The molecule has 8 heteroatoms. The van der Waals surface area contributed by atoms with Gasteiger partial charge in [-0.25, -0.2) is 9.37 Å². The van der Waals surface area contributed by atoms with Crippen molar-refractivity contribution in [2.24, 2.45) is 0 Å². The normalized spacial score (nSPS) is 11.3. The minimum absolute atomic E-state index is 0.262. The van der Waals surface area contributed by atoms with Gasteiger partial charge in [0, 0.05) is 33.8 Å². The summed E-state index contributed by atoms with van der Waals surface area (Å²) in [7, 11) is 1.68. The first-order chi connectivity index (χ1) is 17.1. The van der Waals surface area contributed by atoms with Crippen LogP contribution in [0.1, 0.15) is 5.56 Å². The smallest absolute Gasteiger partial charge is 0.191 e. The number of pyridine rings is 1.